The molecule has 1 aromatic carbocycles. The number of methoxy groups -OCH3 is 1. The van der Waals surface area contributed by atoms with Gasteiger partial charge in [0.25, 0.3) is 0 Å². The second kappa shape index (κ2) is 8.02. The molecule has 3 rings (SSSR count). The van der Waals surface area contributed by atoms with E-state index in [1.807, 2.05) is 4.90 Å². The second-order valence-corrected chi connectivity index (χ2v) is 9.06. The van der Waals surface area contributed by atoms with Crippen molar-refractivity contribution in [1.82, 2.24) is 9.21 Å². The summed E-state index contributed by atoms with van der Waals surface area (Å²) in [7, 11) is -1.94. The number of ether oxygens (including phenoxy) is 1. The van der Waals surface area contributed by atoms with Crippen molar-refractivity contribution in [3.63, 3.8) is 0 Å². The summed E-state index contributed by atoms with van der Waals surface area (Å²) in [6.07, 6.45) is 1.98. The van der Waals surface area contributed by atoms with Crippen LogP contribution in [0.1, 0.15) is 19.3 Å². The summed E-state index contributed by atoms with van der Waals surface area (Å²) in [6.45, 7) is 2.85. The lowest BCUT2D eigenvalue weighted by Gasteiger charge is -2.33. The molecule has 1 amide bonds. The van der Waals surface area contributed by atoms with E-state index in [4.69, 9.17) is 4.74 Å². The second-order valence-electron chi connectivity index (χ2n) is 7.13. The Balaban J connectivity index is 1.54. The molecule has 26 heavy (non-hydrogen) atoms. The highest BCUT2D eigenvalue weighted by molar-refractivity contribution is 7.89. The first-order valence-corrected chi connectivity index (χ1v) is 10.4. The largest absolute Gasteiger partial charge is 0.384 e. The zero-order chi connectivity index (χ0) is 18.7. The maximum atomic E-state index is 13.0. The van der Waals surface area contributed by atoms with Crippen molar-refractivity contribution < 1.29 is 22.3 Å². The number of carbonyl (C=O) groups excluding carboxylic acids is 1. The minimum Gasteiger partial charge on any atom is -0.384 e. The first-order chi connectivity index (χ1) is 12.4. The molecule has 8 heteroatoms. The van der Waals surface area contributed by atoms with Crippen molar-refractivity contribution in [2.45, 2.75) is 24.2 Å². The Morgan fingerprint density at radius 1 is 1.15 bits per heavy atom. The normalized spacial score (nSPS) is 22.9. The maximum absolute atomic E-state index is 13.0. The van der Waals surface area contributed by atoms with Crippen molar-refractivity contribution >= 4 is 15.9 Å². The van der Waals surface area contributed by atoms with Gasteiger partial charge < -0.3 is 9.64 Å². The lowest BCUT2D eigenvalue weighted by atomic mass is 9.97. The van der Waals surface area contributed by atoms with Gasteiger partial charge in [-0.15, -0.1) is 0 Å². The molecule has 0 saturated carbocycles. The van der Waals surface area contributed by atoms with Gasteiger partial charge in [-0.1, -0.05) is 0 Å². The van der Waals surface area contributed by atoms with Gasteiger partial charge in [0.05, 0.1) is 11.5 Å². The maximum Gasteiger partial charge on any atom is 0.243 e. The number of nitrogens with zero attached hydrogens (tertiary/aromatic N) is 2. The highest BCUT2D eigenvalue weighted by Crippen LogP contribution is 2.27. The van der Waals surface area contributed by atoms with Gasteiger partial charge in [-0.3, -0.25) is 4.79 Å². The highest BCUT2D eigenvalue weighted by Gasteiger charge is 2.34. The average molecular weight is 384 g/mol. The molecule has 0 spiro atoms. The van der Waals surface area contributed by atoms with Gasteiger partial charge in [-0.25, -0.2) is 12.8 Å². The summed E-state index contributed by atoms with van der Waals surface area (Å²) >= 11 is 0. The van der Waals surface area contributed by atoms with Crippen molar-refractivity contribution in [2.75, 3.05) is 39.9 Å². The molecular formula is C18H25FN2O4S. The van der Waals surface area contributed by atoms with Crippen LogP contribution < -0.4 is 0 Å². The van der Waals surface area contributed by atoms with Crippen LogP contribution in [0.4, 0.5) is 4.39 Å². The zero-order valence-electron chi connectivity index (χ0n) is 14.9. The lowest BCUT2D eigenvalue weighted by Crippen LogP contribution is -2.42. The van der Waals surface area contributed by atoms with Crippen LogP contribution in [0.5, 0.6) is 0 Å². The Morgan fingerprint density at radius 3 is 2.42 bits per heavy atom. The van der Waals surface area contributed by atoms with Gasteiger partial charge >= 0.3 is 0 Å². The molecule has 2 aliphatic rings. The van der Waals surface area contributed by atoms with Crippen LogP contribution in [0.3, 0.4) is 0 Å². The Bertz CT molecular complexity index is 730. The van der Waals surface area contributed by atoms with Crippen LogP contribution in [0.25, 0.3) is 0 Å². The first kappa shape index (κ1) is 19.3. The molecule has 2 saturated heterocycles. The van der Waals surface area contributed by atoms with Crippen molar-refractivity contribution in [3.8, 4) is 0 Å². The molecule has 1 unspecified atom stereocenters. The van der Waals surface area contributed by atoms with E-state index in [0.717, 1.165) is 31.5 Å². The summed E-state index contributed by atoms with van der Waals surface area (Å²) in [5.74, 6) is 0.268. The molecule has 0 aliphatic carbocycles. The van der Waals surface area contributed by atoms with Crippen LogP contribution >= 0.6 is 0 Å². The fourth-order valence-electron chi connectivity index (χ4n) is 3.78. The molecule has 0 radical (unpaired) electrons. The van der Waals surface area contributed by atoms with Crippen LogP contribution in [0, 0.1) is 17.7 Å². The minimum absolute atomic E-state index is 0.120. The number of rotatable bonds is 6. The molecule has 1 aromatic rings. The Labute approximate surface area is 154 Å². The lowest BCUT2D eigenvalue weighted by molar-refractivity contribution is -0.128. The number of sulfonamides is 1. The molecule has 0 N–H and O–H groups in total. The molecule has 1 atom stereocenters. The Hall–Kier alpha value is -1.51. The molecule has 2 aliphatic heterocycles. The van der Waals surface area contributed by atoms with Gasteiger partial charge in [-0.05, 0) is 43.0 Å². The molecule has 6 nitrogen and oxygen atoms in total. The smallest absolute Gasteiger partial charge is 0.243 e. The van der Waals surface area contributed by atoms with Gasteiger partial charge in [0.2, 0.25) is 15.9 Å². The number of hydrogen-bond acceptors (Lipinski definition) is 4. The fraction of sp³-hybridized carbons (Fsp3) is 0.611. The van der Waals surface area contributed by atoms with E-state index >= 15 is 0 Å². The molecular weight excluding hydrogens is 359 g/mol. The standard InChI is InChI=1S/C18H25FN2O4S/c1-25-13-15-10-18(22)20(12-15)11-14-6-8-21(9-7-14)26(23,24)17-4-2-16(19)3-5-17/h2-5,14-15H,6-13H2,1H3. The van der Waals surface area contributed by atoms with E-state index in [-0.39, 0.29) is 16.7 Å². The number of hydrogen-bond donors (Lipinski definition) is 0. The van der Waals surface area contributed by atoms with E-state index in [1.165, 1.54) is 16.4 Å². The summed E-state index contributed by atoms with van der Waals surface area (Å²) in [4.78, 5) is 14.1. The summed E-state index contributed by atoms with van der Waals surface area (Å²) in [5.41, 5.74) is 0. The summed E-state index contributed by atoms with van der Waals surface area (Å²) in [6, 6.07) is 4.93. The summed E-state index contributed by atoms with van der Waals surface area (Å²) < 4.78 is 44.9. The quantitative estimate of drug-likeness (QED) is 0.749. The number of amides is 1. The van der Waals surface area contributed by atoms with E-state index in [2.05, 4.69) is 0 Å². The molecule has 144 valence electrons. The molecule has 2 heterocycles. The zero-order valence-corrected chi connectivity index (χ0v) is 15.8. The third-order valence-electron chi connectivity index (χ3n) is 5.20. The Kier molecular flexibility index (Phi) is 5.94. The van der Waals surface area contributed by atoms with E-state index in [1.54, 1.807) is 7.11 Å². The number of likely N-dealkylation sites (tertiary alicyclic amines) is 1. The van der Waals surface area contributed by atoms with Crippen LogP contribution in [0.15, 0.2) is 29.2 Å². The van der Waals surface area contributed by atoms with Crippen molar-refractivity contribution in [2.24, 2.45) is 11.8 Å². The van der Waals surface area contributed by atoms with Crippen LogP contribution in [-0.4, -0.2) is 63.4 Å². The topological polar surface area (TPSA) is 66.9 Å². The van der Waals surface area contributed by atoms with Gasteiger partial charge in [0.1, 0.15) is 5.82 Å². The number of carbonyl (C=O) groups is 1. The minimum atomic E-state index is -3.59. The van der Waals surface area contributed by atoms with E-state index in [0.29, 0.717) is 38.6 Å². The predicted molar refractivity (Wildman–Crippen MR) is 94.4 cm³/mol. The van der Waals surface area contributed by atoms with Crippen molar-refractivity contribution in [1.29, 1.82) is 0 Å². The highest BCUT2D eigenvalue weighted by atomic mass is 32.2. The first-order valence-electron chi connectivity index (χ1n) is 8.92. The summed E-state index contributed by atoms with van der Waals surface area (Å²) in [5, 5.41) is 0. The van der Waals surface area contributed by atoms with E-state index in [9.17, 15) is 17.6 Å². The van der Waals surface area contributed by atoms with Crippen LogP contribution in [-0.2, 0) is 19.6 Å². The molecule has 0 aromatic heterocycles. The SMILES string of the molecule is COCC1CC(=O)N(CC2CCN(S(=O)(=O)c3ccc(F)cc3)CC2)C1. The monoisotopic (exact) mass is 384 g/mol. The fourth-order valence-corrected chi connectivity index (χ4v) is 5.25. The molecule has 0 bridgehead atoms. The number of piperidine rings is 1. The Morgan fingerprint density at radius 2 is 1.81 bits per heavy atom. The predicted octanol–water partition coefficient (Wildman–Crippen LogP) is 1.72. The number of halogens is 1. The number of benzene rings is 1. The van der Waals surface area contributed by atoms with Crippen LogP contribution in [0.2, 0.25) is 0 Å². The average Bonchev–Trinajstić information content (AvgIpc) is 2.95. The van der Waals surface area contributed by atoms with Gasteiger partial charge in [0, 0.05) is 45.6 Å². The van der Waals surface area contributed by atoms with Gasteiger partial charge in [-0.2, -0.15) is 4.31 Å². The van der Waals surface area contributed by atoms with E-state index < -0.39 is 15.8 Å². The van der Waals surface area contributed by atoms with Crippen molar-refractivity contribution in [3.05, 3.63) is 30.1 Å². The third-order valence-corrected chi connectivity index (χ3v) is 7.11. The van der Waals surface area contributed by atoms with Gasteiger partial charge in [0.15, 0.2) is 0 Å². The third kappa shape index (κ3) is 4.24. The molecule has 2 fully saturated rings.